The summed E-state index contributed by atoms with van der Waals surface area (Å²) >= 11 is 0. The highest BCUT2D eigenvalue weighted by atomic mass is 19.4. The van der Waals surface area contributed by atoms with Gasteiger partial charge in [-0.05, 0) is 41.3 Å². The zero-order valence-electron chi connectivity index (χ0n) is 22.8. The Bertz CT molecular complexity index is 1300. The molecule has 1 aliphatic heterocycles. The van der Waals surface area contributed by atoms with Crippen molar-refractivity contribution in [2.75, 3.05) is 26.2 Å². The maximum absolute atomic E-state index is 13.2. The number of rotatable bonds is 9. The SMILES string of the molecule is CCOC(=O)C[C@H]1CN(Cc2ccc(-c3ccc(C(O)(C(F)(F)F)C(F)(F)F)cc3)cc2)CCN1Cc1ccncc1. The van der Waals surface area contributed by atoms with E-state index in [2.05, 4.69) is 14.8 Å². The van der Waals surface area contributed by atoms with Crippen LogP contribution in [0.25, 0.3) is 11.1 Å². The number of hydrogen-bond donors (Lipinski definition) is 1. The van der Waals surface area contributed by atoms with Crippen molar-refractivity contribution in [1.29, 1.82) is 0 Å². The van der Waals surface area contributed by atoms with E-state index >= 15 is 0 Å². The van der Waals surface area contributed by atoms with Gasteiger partial charge in [-0.1, -0.05) is 48.5 Å². The van der Waals surface area contributed by atoms with E-state index < -0.39 is 23.5 Å². The van der Waals surface area contributed by atoms with Crippen molar-refractivity contribution in [3.05, 3.63) is 89.7 Å². The van der Waals surface area contributed by atoms with Crippen LogP contribution in [0.15, 0.2) is 73.1 Å². The molecular formula is C30H31F6N3O3. The highest BCUT2D eigenvalue weighted by Gasteiger charge is 2.71. The molecule has 1 saturated heterocycles. The van der Waals surface area contributed by atoms with E-state index in [1.807, 2.05) is 24.3 Å². The van der Waals surface area contributed by atoms with E-state index in [4.69, 9.17) is 4.74 Å². The highest BCUT2D eigenvalue weighted by Crippen LogP contribution is 2.50. The molecule has 0 radical (unpaired) electrons. The van der Waals surface area contributed by atoms with Crippen molar-refractivity contribution in [3.8, 4) is 11.1 Å². The molecule has 0 saturated carbocycles. The van der Waals surface area contributed by atoms with Crippen molar-refractivity contribution in [2.24, 2.45) is 0 Å². The van der Waals surface area contributed by atoms with E-state index in [0.29, 0.717) is 49.5 Å². The number of benzene rings is 2. The zero-order chi connectivity index (χ0) is 30.5. The fraction of sp³-hybridized carbons (Fsp3) is 0.400. The lowest BCUT2D eigenvalue weighted by molar-refractivity contribution is -0.376. The Morgan fingerprint density at radius 1 is 0.857 bits per heavy atom. The summed E-state index contributed by atoms with van der Waals surface area (Å²) in [6.07, 6.45) is -8.16. The normalized spacial score (nSPS) is 17.3. The number of piperazine rings is 1. The number of esters is 1. The molecular weight excluding hydrogens is 564 g/mol. The van der Waals surface area contributed by atoms with Crippen molar-refractivity contribution in [3.63, 3.8) is 0 Å². The number of aromatic nitrogens is 1. The molecule has 0 spiro atoms. The number of nitrogens with zero attached hydrogens (tertiary/aromatic N) is 3. The molecule has 42 heavy (non-hydrogen) atoms. The summed E-state index contributed by atoms with van der Waals surface area (Å²) in [6.45, 7) is 5.47. The molecule has 6 nitrogen and oxygen atoms in total. The molecule has 0 bridgehead atoms. The average molecular weight is 596 g/mol. The molecule has 1 fully saturated rings. The van der Waals surface area contributed by atoms with Gasteiger partial charge in [0.05, 0.1) is 13.0 Å². The van der Waals surface area contributed by atoms with E-state index in [-0.39, 0.29) is 18.4 Å². The topological polar surface area (TPSA) is 65.9 Å². The van der Waals surface area contributed by atoms with Crippen LogP contribution in [0.1, 0.15) is 30.0 Å². The zero-order valence-corrected chi connectivity index (χ0v) is 22.8. The summed E-state index contributed by atoms with van der Waals surface area (Å²) in [6, 6.07) is 14.5. The number of carbonyl (C=O) groups excluding carboxylic acids is 1. The van der Waals surface area contributed by atoms with Crippen LogP contribution in [0.4, 0.5) is 26.3 Å². The minimum Gasteiger partial charge on any atom is -0.466 e. The number of alkyl halides is 6. The molecule has 1 atom stereocenters. The minimum absolute atomic E-state index is 0.0595. The largest absolute Gasteiger partial charge is 0.466 e. The first-order valence-corrected chi connectivity index (χ1v) is 13.4. The van der Waals surface area contributed by atoms with E-state index in [1.165, 1.54) is 0 Å². The van der Waals surface area contributed by atoms with Gasteiger partial charge in [0, 0.05) is 56.7 Å². The van der Waals surface area contributed by atoms with Gasteiger partial charge >= 0.3 is 18.3 Å². The fourth-order valence-corrected chi connectivity index (χ4v) is 5.09. The van der Waals surface area contributed by atoms with Crippen LogP contribution in [0.3, 0.4) is 0 Å². The molecule has 0 unspecified atom stereocenters. The second-order valence-electron chi connectivity index (χ2n) is 10.2. The average Bonchev–Trinajstić information content (AvgIpc) is 2.94. The second kappa shape index (κ2) is 12.8. The predicted molar refractivity (Wildman–Crippen MR) is 143 cm³/mol. The predicted octanol–water partition coefficient (Wildman–Crippen LogP) is 5.70. The lowest BCUT2D eigenvalue weighted by atomic mass is 9.90. The first-order chi connectivity index (χ1) is 19.8. The molecule has 1 N–H and O–H groups in total. The van der Waals surface area contributed by atoms with Crippen molar-refractivity contribution < 1.29 is 41.0 Å². The molecule has 1 aliphatic rings. The van der Waals surface area contributed by atoms with Crippen molar-refractivity contribution in [1.82, 2.24) is 14.8 Å². The maximum atomic E-state index is 13.2. The Hall–Kier alpha value is -3.48. The first kappa shape index (κ1) is 31.5. The number of ether oxygens (including phenoxy) is 1. The van der Waals surface area contributed by atoms with E-state index in [0.717, 1.165) is 36.3 Å². The third-order valence-electron chi connectivity index (χ3n) is 7.35. The number of pyridine rings is 1. The first-order valence-electron chi connectivity index (χ1n) is 13.4. The summed E-state index contributed by atoms with van der Waals surface area (Å²) in [5.74, 6) is -0.261. The summed E-state index contributed by atoms with van der Waals surface area (Å²) < 4.78 is 84.3. The Labute approximate surface area is 239 Å². The second-order valence-corrected chi connectivity index (χ2v) is 10.2. The van der Waals surface area contributed by atoms with Gasteiger partial charge < -0.3 is 9.84 Å². The van der Waals surface area contributed by atoms with E-state index in [9.17, 15) is 36.2 Å². The lowest BCUT2D eigenvalue weighted by Gasteiger charge is -2.41. The monoisotopic (exact) mass is 595 g/mol. The number of carbonyl (C=O) groups is 1. The number of aliphatic hydroxyl groups is 1. The molecule has 0 amide bonds. The molecule has 1 aromatic heterocycles. The third kappa shape index (κ3) is 7.11. The Morgan fingerprint density at radius 3 is 1.95 bits per heavy atom. The van der Waals surface area contributed by atoms with Crippen LogP contribution in [-0.2, 0) is 28.2 Å². The van der Waals surface area contributed by atoms with Gasteiger partial charge in [0.1, 0.15) is 0 Å². The third-order valence-corrected chi connectivity index (χ3v) is 7.35. The minimum atomic E-state index is -5.94. The van der Waals surface area contributed by atoms with Crippen LogP contribution < -0.4 is 0 Å². The van der Waals surface area contributed by atoms with Crippen LogP contribution in [-0.4, -0.2) is 70.5 Å². The molecule has 0 aliphatic carbocycles. The highest BCUT2D eigenvalue weighted by molar-refractivity contribution is 5.70. The molecule has 226 valence electrons. The van der Waals surface area contributed by atoms with Crippen LogP contribution in [0.2, 0.25) is 0 Å². The van der Waals surface area contributed by atoms with Crippen molar-refractivity contribution >= 4 is 5.97 Å². The molecule has 4 rings (SSSR count). The van der Waals surface area contributed by atoms with Gasteiger partial charge in [-0.25, -0.2) is 0 Å². The number of hydrogen-bond acceptors (Lipinski definition) is 6. The Kier molecular flexibility index (Phi) is 9.59. The van der Waals surface area contributed by atoms with Crippen LogP contribution in [0.5, 0.6) is 0 Å². The molecule has 12 heteroatoms. The van der Waals surface area contributed by atoms with Crippen molar-refractivity contribution in [2.45, 2.75) is 50.4 Å². The van der Waals surface area contributed by atoms with Crippen LogP contribution >= 0.6 is 0 Å². The lowest BCUT2D eigenvalue weighted by Crippen LogP contribution is -2.53. The van der Waals surface area contributed by atoms with Gasteiger partial charge in [0.15, 0.2) is 0 Å². The van der Waals surface area contributed by atoms with Gasteiger partial charge in [-0.15, -0.1) is 0 Å². The summed E-state index contributed by atoms with van der Waals surface area (Å²) in [7, 11) is 0. The summed E-state index contributed by atoms with van der Waals surface area (Å²) in [5, 5.41) is 9.61. The van der Waals surface area contributed by atoms with Crippen LogP contribution in [0, 0.1) is 0 Å². The van der Waals surface area contributed by atoms with Gasteiger partial charge in [0.2, 0.25) is 0 Å². The Morgan fingerprint density at radius 2 is 1.40 bits per heavy atom. The fourth-order valence-electron chi connectivity index (χ4n) is 5.09. The molecule has 2 aromatic carbocycles. The van der Waals surface area contributed by atoms with E-state index in [1.54, 1.807) is 31.5 Å². The Balaban J connectivity index is 1.43. The van der Waals surface area contributed by atoms with Gasteiger partial charge in [-0.3, -0.25) is 19.6 Å². The quantitative estimate of drug-likeness (QED) is 0.253. The van der Waals surface area contributed by atoms with Gasteiger partial charge in [-0.2, -0.15) is 26.3 Å². The summed E-state index contributed by atoms with van der Waals surface area (Å²) in [5.41, 5.74) is -3.22. The smallest absolute Gasteiger partial charge is 0.430 e. The standard InChI is InChI=1S/C30H31F6N3O3/c1-2-42-27(40)17-26-20-38(15-16-39(26)19-22-11-13-37-14-12-22)18-21-3-5-23(6-4-21)24-7-9-25(10-8-24)28(41,29(31,32)33)30(34,35)36/h3-14,26,41H,2,15-20H2,1H3/t26-/m0/s1. The summed E-state index contributed by atoms with van der Waals surface area (Å²) in [4.78, 5) is 20.9. The molecule has 3 aromatic rings. The molecule has 2 heterocycles. The maximum Gasteiger partial charge on any atom is 0.430 e. The number of halogens is 6. The van der Waals surface area contributed by atoms with Gasteiger partial charge in [0.25, 0.3) is 5.60 Å².